The van der Waals surface area contributed by atoms with Gasteiger partial charge in [-0.25, -0.2) is 4.98 Å². The minimum absolute atomic E-state index is 0.465. The van der Waals surface area contributed by atoms with Crippen LogP contribution in [0.1, 0.15) is 28.3 Å². The van der Waals surface area contributed by atoms with Gasteiger partial charge in [0.05, 0.1) is 23.7 Å². The van der Waals surface area contributed by atoms with E-state index in [1.165, 1.54) is 0 Å². The maximum atomic E-state index is 9.90. The molecule has 0 saturated carbocycles. The van der Waals surface area contributed by atoms with Crippen LogP contribution in [-0.2, 0) is 6.61 Å². The van der Waals surface area contributed by atoms with Crippen LogP contribution >= 0.6 is 15.9 Å². The highest BCUT2D eigenvalue weighted by Crippen LogP contribution is 2.27. The number of fused-ring (bicyclic) bond motifs is 1. The smallest absolute Gasteiger partial charge is 0.149 e. The van der Waals surface area contributed by atoms with Gasteiger partial charge in [0, 0.05) is 27.6 Å². The van der Waals surface area contributed by atoms with Gasteiger partial charge >= 0.3 is 0 Å². The van der Waals surface area contributed by atoms with Gasteiger partial charge in [-0.3, -0.25) is 0 Å². The Bertz CT molecular complexity index is 1640. The molecule has 0 unspecified atom stereocenters. The lowest BCUT2D eigenvalue weighted by molar-refractivity contribution is 0.306. The first-order chi connectivity index (χ1) is 17.9. The third-order valence-corrected chi connectivity index (χ3v) is 6.78. The van der Waals surface area contributed by atoms with Crippen LogP contribution in [0.2, 0.25) is 0 Å². The Morgan fingerprint density at radius 1 is 1.03 bits per heavy atom. The van der Waals surface area contributed by atoms with Crippen molar-refractivity contribution in [3.05, 3.63) is 106 Å². The summed E-state index contributed by atoms with van der Waals surface area (Å²) in [5.41, 5.74) is 7.27. The molecule has 2 aromatic heterocycles. The van der Waals surface area contributed by atoms with Gasteiger partial charge in [-0.2, -0.15) is 5.26 Å². The molecule has 5 aromatic rings. The third kappa shape index (κ3) is 5.16. The van der Waals surface area contributed by atoms with Crippen molar-refractivity contribution in [1.29, 1.82) is 5.26 Å². The molecule has 0 aliphatic heterocycles. The summed E-state index contributed by atoms with van der Waals surface area (Å²) >= 11 is 3.45. The molecule has 0 bridgehead atoms. The largest absolute Gasteiger partial charge is 0.497 e. The number of nitriles is 1. The van der Waals surface area contributed by atoms with Crippen LogP contribution in [0.25, 0.3) is 28.4 Å². The molecule has 0 radical (unpaired) electrons. The summed E-state index contributed by atoms with van der Waals surface area (Å²) in [6.07, 6.45) is 1.88. The fraction of sp³-hybridized carbons (Fsp3) is 0.133. The molecular weight excluding hydrogens is 528 g/mol. The van der Waals surface area contributed by atoms with E-state index in [0.29, 0.717) is 18.0 Å². The summed E-state index contributed by atoms with van der Waals surface area (Å²) in [4.78, 5) is 7.84. The maximum Gasteiger partial charge on any atom is 0.149 e. The fourth-order valence-corrected chi connectivity index (χ4v) is 4.59. The van der Waals surface area contributed by atoms with Crippen LogP contribution in [0.15, 0.2) is 77.3 Å². The van der Waals surface area contributed by atoms with E-state index in [0.717, 1.165) is 55.2 Å². The van der Waals surface area contributed by atoms with E-state index in [1.54, 1.807) is 7.11 Å². The van der Waals surface area contributed by atoms with Gasteiger partial charge < -0.3 is 19.0 Å². The van der Waals surface area contributed by atoms with Gasteiger partial charge in [0.1, 0.15) is 30.0 Å². The number of rotatable bonds is 7. The summed E-state index contributed by atoms with van der Waals surface area (Å²) in [5.74, 6) is 2.07. The first kappa shape index (κ1) is 24.4. The van der Waals surface area contributed by atoms with Gasteiger partial charge in [0.25, 0.3) is 0 Å². The van der Waals surface area contributed by atoms with Gasteiger partial charge in [-0.15, -0.1) is 0 Å². The monoisotopic (exact) mass is 552 g/mol. The number of aromatic nitrogens is 3. The lowest BCUT2D eigenvalue weighted by Crippen LogP contribution is -2.00. The molecule has 184 valence electrons. The van der Waals surface area contributed by atoms with Crippen LogP contribution in [0.4, 0.5) is 0 Å². The average molecular weight is 553 g/mol. The van der Waals surface area contributed by atoms with Gasteiger partial charge in [-0.1, -0.05) is 28.1 Å². The number of allylic oxidation sites excluding steroid dienone is 1. The molecule has 1 N–H and O–H groups in total. The van der Waals surface area contributed by atoms with Crippen molar-refractivity contribution in [2.75, 3.05) is 7.11 Å². The zero-order valence-corrected chi connectivity index (χ0v) is 22.3. The van der Waals surface area contributed by atoms with Gasteiger partial charge in [0.2, 0.25) is 0 Å². The number of methoxy groups -OCH3 is 1. The van der Waals surface area contributed by atoms with Crippen LogP contribution in [-0.4, -0.2) is 21.6 Å². The van der Waals surface area contributed by atoms with Gasteiger partial charge in [0.15, 0.2) is 0 Å². The van der Waals surface area contributed by atoms with E-state index < -0.39 is 0 Å². The normalized spacial score (nSPS) is 11.5. The van der Waals surface area contributed by atoms with Gasteiger partial charge in [-0.05, 0) is 85.6 Å². The second-order valence-electron chi connectivity index (χ2n) is 8.71. The number of aryl methyl sites for hydroxylation is 1. The SMILES string of the molecule is COc1ccc2nc(/C(C#N)=C\c3cc(C)n(-c4ccc(OCc5ccc(Br)cc5)cc4)c3C)[nH]c2c1. The molecule has 2 heterocycles. The zero-order chi connectivity index (χ0) is 25.9. The lowest BCUT2D eigenvalue weighted by atomic mass is 10.1. The lowest BCUT2D eigenvalue weighted by Gasteiger charge is -2.11. The Labute approximate surface area is 223 Å². The van der Waals surface area contributed by atoms with Crippen molar-refractivity contribution in [1.82, 2.24) is 14.5 Å². The predicted molar refractivity (Wildman–Crippen MR) is 150 cm³/mol. The van der Waals surface area contributed by atoms with Crippen molar-refractivity contribution in [3.63, 3.8) is 0 Å². The molecule has 7 heteroatoms. The first-order valence-corrected chi connectivity index (χ1v) is 12.6. The molecule has 0 aliphatic rings. The quantitative estimate of drug-likeness (QED) is 0.213. The Balaban J connectivity index is 1.39. The molecule has 6 nitrogen and oxygen atoms in total. The summed E-state index contributed by atoms with van der Waals surface area (Å²) < 4.78 is 14.5. The van der Waals surface area contributed by atoms with E-state index >= 15 is 0 Å². The zero-order valence-electron chi connectivity index (χ0n) is 20.7. The van der Waals surface area contributed by atoms with Crippen molar-refractivity contribution in [2.45, 2.75) is 20.5 Å². The molecule has 0 aliphatic carbocycles. The number of ether oxygens (including phenoxy) is 2. The maximum absolute atomic E-state index is 9.90. The number of nitrogens with zero attached hydrogens (tertiary/aromatic N) is 3. The summed E-state index contributed by atoms with van der Waals surface area (Å²) in [5, 5.41) is 9.90. The highest BCUT2D eigenvalue weighted by Gasteiger charge is 2.13. The van der Waals surface area contributed by atoms with E-state index in [9.17, 15) is 5.26 Å². The number of nitrogens with one attached hydrogen (secondary N) is 1. The van der Waals surface area contributed by atoms with Crippen molar-refractivity contribution in [2.24, 2.45) is 0 Å². The molecule has 37 heavy (non-hydrogen) atoms. The Morgan fingerprint density at radius 2 is 1.76 bits per heavy atom. The molecule has 0 amide bonds. The van der Waals surface area contributed by atoms with Crippen LogP contribution < -0.4 is 9.47 Å². The Hall–Kier alpha value is -4.28. The van der Waals surface area contributed by atoms with E-state index in [-0.39, 0.29) is 0 Å². The van der Waals surface area contributed by atoms with Crippen molar-refractivity contribution < 1.29 is 9.47 Å². The molecule has 0 atom stereocenters. The minimum Gasteiger partial charge on any atom is -0.497 e. The summed E-state index contributed by atoms with van der Waals surface area (Å²) in [6.45, 7) is 4.62. The third-order valence-electron chi connectivity index (χ3n) is 6.25. The molecule has 3 aromatic carbocycles. The number of hydrogen-bond acceptors (Lipinski definition) is 4. The van der Waals surface area contributed by atoms with Crippen LogP contribution in [0, 0.1) is 25.2 Å². The number of halogens is 1. The first-order valence-electron chi connectivity index (χ1n) is 11.8. The molecular formula is C30H25BrN4O2. The Kier molecular flexibility index (Phi) is 6.85. The van der Waals surface area contributed by atoms with E-state index in [1.807, 2.05) is 72.8 Å². The summed E-state index contributed by atoms with van der Waals surface area (Å²) in [6, 6.07) is 26.1. The molecule has 0 fully saturated rings. The number of hydrogen-bond donors (Lipinski definition) is 1. The fourth-order valence-electron chi connectivity index (χ4n) is 4.32. The second-order valence-corrected chi connectivity index (χ2v) is 9.62. The number of aromatic amines is 1. The number of imidazole rings is 1. The molecule has 0 saturated heterocycles. The van der Waals surface area contributed by atoms with Crippen molar-refractivity contribution >= 4 is 38.6 Å². The molecule has 0 spiro atoms. The summed E-state index contributed by atoms with van der Waals surface area (Å²) in [7, 11) is 1.62. The second kappa shape index (κ2) is 10.4. The average Bonchev–Trinajstić information content (AvgIpc) is 3.46. The topological polar surface area (TPSA) is 75.9 Å². The van der Waals surface area contributed by atoms with Crippen molar-refractivity contribution in [3.8, 4) is 23.3 Å². The standard InChI is InChI=1S/C30H25BrN4O2/c1-19-14-22(15-23(17-32)30-33-28-13-12-27(36-3)16-29(28)34-30)20(2)35(19)25-8-10-26(11-9-25)37-18-21-4-6-24(31)7-5-21/h4-16H,18H2,1-3H3,(H,33,34)/b23-15-. The number of H-pyrrole nitrogens is 1. The molecule has 5 rings (SSSR count). The Morgan fingerprint density at radius 3 is 2.46 bits per heavy atom. The minimum atomic E-state index is 0.465. The predicted octanol–water partition coefficient (Wildman–Crippen LogP) is 7.38. The van der Waals surface area contributed by atoms with Crippen LogP contribution in [0.5, 0.6) is 11.5 Å². The highest BCUT2D eigenvalue weighted by atomic mass is 79.9. The number of benzene rings is 3. The highest BCUT2D eigenvalue weighted by molar-refractivity contribution is 9.10. The van der Waals surface area contributed by atoms with E-state index in [2.05, 4.69) is 56.4 Å². The van der Waals surface area contributed by atoms with Crippen LogP contribution in [0.3, 0.4) is 0 Å². The van der Waals surface area contributed by atoms with E-state index in [4.69, 9.17) is 9.47 Å².